The number of nitrogens with one attached hydrogen (secondary N) is 2. The number of pyridine rings is 1. The zero-order valence-electron chi connectivity index (χ0n) is 14.1. The van der Waals surface area contributed by atoms with Gasteiger partial charge in [0.1, 0.15) is 11.5 Å². The van der Waals surface area contributed by atoms with Gasteiger partial charge in [0.25, 0.3) is 0 Å². The second-order valence-corrected chi connectivity index (χ2v) is 5.17. The third kappa shape index (κ3) is 4.48. The van der Waals surface area contributed by atoms with E-state index in [2.05, 4.69) is 20.6 Å². The first kappa shape index (κ1) is 16.9. The highest BCUT2D eigenvalue weighted by atomic mass is 16.5. The third-order valence-electron chi connectivity index (χ3n) is 3.49. The smallest absolute Gasteiger partial charge is 0.192 e. The minimum absolute atomic E-state index is 0.482. The van der Waals surface area contributed by atoms with E-state index in [1.54, 1.807) is 13.4 Å². The summed E-state index contributed by atoms with van der Waals surface area (Å²) in [5, 5.41) is 6.45. The Morgan fingerprint density at radius 2 is 2.17 bits per heavy atom. The molecule has 0 aliphatic heterocycles. The molecule has 2 aromatic heterocycles. The number of guanidine groups is 1. The number of hydrogen-bond acceptors (Lipinski definition) is 4. The number of aryl methyl sites for hydroxylation is 1. The molecule has 0 aromatic carbocycles. The summed E-state index contributed by atoms with van der Waals surface area (Å²) in [6.45, 7) is 7.88. The number of furan rings is 1. The Kier molecular flexibility index (Phi) is 6.02. The molecule has 2 heterocycles. The van der Waals surface area contributed by atoms with Crippen LogP contribution in [-0.2, 0) is 13.1 Å². The lowest BCUT2D eigenvalue weighted by Crippen LogP contribution is -2.36. The third-order valence-corrected chi connectivity index (χ3v) is 3.49. The van der Waals surface area contributed by atoms with Crippen LogP contribution in [0.4, 0.5) is 0 Å². The SMILES string of the molecule is CCNC(=NCc1ncc(C)c(OC)c1C)NCc1ccco1. The Morgan fingerprint density at radius 1 is 1.35 bits per heavy atom. The highest BCUT2D eigenvalue weighted by Gasteiger charge is 2.09. The topological polar surface area (TPSA) is 71.7 Å². The molecule has 0 saturated heterocycles. The van der Waals surface area contributed by atoms with Gasteiger partial charge in [0.2, 0.25) is 0 Å². The van der Waals surface area contributed by atoms with Crippen LogP contribution in [0.3, 0.4) is 0 Å². The van der Waals surface area contributed by atoms with Gasteiger partial charge in [-0.05, 0) is 32.9 Å². The lowest BCUT2D eigenvalue weighted by atomic mass is 10.1. The number of hydrogen-bond donors (Lipinski definition) is 2. The van der Waals surface area contributed by atoms with E-state index >= 15 is 0 Å². The van der Waals surface area contributed by atoms with E-state index in [4.69, 9.17) is 9.15 Å². The van der Waals surface area contributed by atoms with Crippen molar-refractivity contribution in [1.82, 2.24) is 15.6 Å². The van der Waals surface area contributed by atoms with Gasteiger partial charge >= 0.3 is 0 Å². The summed E-state index contributed by atoms with van der Waals surface area (Å²) in [6.07, 6.45) is 3.48. The first-order valence-corrected chi connectivity index (χ1v) is 7.69. The van der Waals surface area contributed by atoms with Gasteiger partial charge < -0.3 is 19.8 Å². The van der Waals surface area contributed by atoms with Crippen LogP contribution in [0, 0.1) is 13.8 Å². The first-order chi connectivity index (χ1) is 11.2. The molecule has 0 aliphatic rings. The number of aromatic nitrogens is 1. The normalized spacial score (nSPS) is 11.4. The molecule has 2 aromatic rings. The Labute approximate surface area is 137 Å². The maximum Gasteiger partial charge on any atom is 0.192 e. The molecule has 124 valence electrons. The molecule has 6 heteroatoms. The molecular formula is C17H24N4O2. The van der Waals surface area contributed by atoms with Crippen LogP contribution in [0.25, 0.3) is 0 Å². The number of rotatable bonds is 6. The average Bonchev–Trinajstić information content (AvgIpc) is 3.05. The molecular weight excluding hydrogens is 292 g/mol. The fourth-order valence-corrected chi connectivity index (χ4v) is 2.31. The molecule has 0 aliphatic carbocycles. The molecule has 2 N–H and O–H groups in total. The van der Waals surface area contributed by atoms with Crippen molar-refractivity contribution in [3.8, 4) is 5.75 Å². The van der Waals surface area contributed by atoms with Gasteiger partial charge in [-0.25, -0.2) is 4.99 Å². The summed E-state index contributed by atoms with van der Waals surface area (Å²) < 4.78 is 10.7. The van der Waals surface area contributed by atoms with Crippen LogP contribution in [0.2, 0.25) is 0 Å². The molecule has 0 spiro atoms. The summed E-state index contributed by atoms with van der Waals surface area (Å²) in [7, 11) is 1.68. The van der Waals surface area contributed by atoms with Crippen LogP contribution in [0.1, 0.15) is 29.5 Å². The molecule has 2 rings (SSSR count). The van der Waals surface area contributed by atoms with Crippen LogP contribution in [0.5, 0.6) is 5.75 Å². The predicted molar refractivity (Wildman–Crippen MR) is 90.6 cm³/mol. The van der Waals surface area contributed by atoms with Gasteiger partial charge in [0.15, 0.2) is 5.96 Å². The van der Waals surface area contributed by atoms with Gasteiger partial charge in [-0.2, -0.15) is 0 Å². The average molecular weight is 316 g/mol. The zero-order valence-corrected chi connectivity index (χ0v) is 14.1. The molecule has 6 nitrogen and oxygen atoms in total. The fraction of sp³-hybridized carbons (Fsp3) is 0.412. The minimum Gasteiger partial charge on any atom is -0.496 e. The van der Waals surface area contributed by atoms with Crippen LogP contribution < -0.4 is 15.4 Å². The molecule has 0 bridgehead atoms. The van der Waals surface area contributed by atoms with Crippen molar-refractivity contribution in [3.05, 3.63) is 47.2 Å². The van der Waals surface area contributed by atoms with Crippen molar-refractivity contribution in [1.29, 1.82) is 0 Å². The summed E-state index contributed by atoms with van der Waals surface area (Å²) in [5.74, 6) is 2.46. The standard InChI is InChI=1S/C17H24N4O2/c1-5-18-17(20-10-14-7-6-8-23-14)21-11-15-13(3)16(22-4)12(2)9-19-15/h6-9H,5,10-11H2,1-4H3,(H2,18,20,21). The van der Waals surface area contributed by atoms with Crippen molar-refractivity contribution >= 4 is 5.96 Å². The van der Waals surface area contributed by atoms with Crippen LogP contribution in [-0.4, -0.2) is 24.6 Å². The van der Waals surface area contributed by atoms with Crippen molar-refractivity contribution in [2.45, 2.75) is 33.9 Å². The summed E-state index contributed by atoms with van der Waals surface area (Å²) in [6, 6.07) is 3.79. The Bertz CT molecular complexity index is 651. The van der Waals surface area contributed by atoms with Crippen molar-refractivity contribution in [3.63, 3.8) is 0 Å². The summed E-state index contributed by atoms with van der Waals surface area (Å²) in [5.41, 5.74) is 2.96. The second kappa shape index (κ2) is 8.22. The molecule has 23 heavy (non-hydrogen) atoms. The fourth-order valence-electron chi connectivity index (χ4n) is 2.31. The molecule has 0 radical (unpaired) electrons. The molecule has 0 amide bonds. The van der Waals surface area contributed by atoms with Crippen LogP contribution in [0.15, 0.2) is 34.0 Å². The van der Waals surface area contributed by atoms with E-state index < -0.39 is 0 Å². The lowest BCUT2D eigenvalue weighted by Gasteiger charge is -2.13. The minimum atomic E-state index is 0.482. The molecule has 0 atom stereocenters. The van der Waals surface area contributed by atoms with Crippen molar-refractivity contribution < 1.29 is 9.15 Å². The van der Waals surface area contributed by atoms with Gasteiger partial charge in [0.05, 0.1) is 32.2 Å². The Morgan fingerprint density at radius 3 is 2.83 bits per heavy atom. The van der Waals surface area contributed by atoms with Crippen molar-refractivity contribution in [2.24, 2.45) is 4.99 Å². The van der Waals surface area contributed by atoms with Gasteiger partial charge in [0, 0.05) is 23.9 Å². The first-order valence-electron chi connectivity index (χ1n) is 7.69. The second-order valence-electron chi connectivity index (χ2n) is 5.17. The number of ether oxygens (including phenoxy) is 1. The highest BCUT2D eigenvalue weighted by molar-refractivity contribution is 5.79. The lowest BCUT2D eigenvalue weighted by molar-refractivity contribution is 0.407. The molecule has 0 fully saturated rings. The van der Waals surface area contributed by atoms with E-state index in [0.29, 0.717) is 13.1 Å². The van der Waals surface area contributed by atoms with E-state index in [1.807, 2.05) is 39.1 Å². The van der Waals surface area contributed by atoms with E-state index in [-0.39, 0.29) is 0 Å². The zero-order chi connectivity index (χ0) is 16.7. The Hall–Kier alpha value is -2.50. The maximum atomic E-state index is 5.44. The summed E-state index contributed by atoms with van der Waals surface area (Å²) >= 11 is 0. The van der Waals surface area contributed by atoms with E-state index in [1.165, 1.54) is 0 Å². The highest BCUT2D eigenvalue weighted by Crippen LogP contribution is 2.24. The maximum absolute atomic E-state index is 5.44. The number of aliphatic imine (C=N–C) groups is 1. The molecule has 0 unspecified atom stereocenters. The Balaban J connectivity index is 2.08. The van der Waals surface area contributed by atoms with Crippen molar-refractivity contribution in [2.75, 3.05) is 13.7 Å². The van der Waals surface area contributed by atoms with Gasteiger partial charge in [-0.15, -0.1) is 0 Å². The van der Waals surface area contributed by atoms with E-state index in [9.17, 15) is 0 Å². The predicted octanol–water partition coefficient (Wildman–Crippen LogP) is 2.56. The monoisotopic (exact) mass is 316 g/mol. The quantitative estimate of drug-likeness (QED) is 0.633. The van der Waals surface area contributed by atoms with Gasteiger partial charge in [-0.1, -0.05) is 0 Å². The van der Waals surface area contributed by atoms with Crippen LogP contribution >= 0.6 is 0 Å². The number of methoxy groups -OCH3 is 1. The summed E-state index contributed by atoms with van der Waals surface area (Å²) in [4.78, 5) is 9.05. The number of nitrogens with zero attached hydrogens (tertiary/aromatic N) is 2. The van der Waals surface area contributed by atoms with Gasteiger partial charge in [-0.3, -0.25) is 4.98 Å². The van der Waals surface area contributed by atoms with E-state index in [0.717, 1.165) is 40.8 Å². The largest absolute Gasteiger partial charge is 0.496 e. The molecule has 0 saturated carbocycles.